The van der Waals surface area contributed by atoms with Gasteiger partial charge in [-0.1, -0.05) is 52.3 Å². The fraction of sp³-hybridized carbons (Fsp3) is 0.489. The number of rotatable bonds is 10. The summed E-state index contributed by atoms with van der Waals surface area (Å²) in [5, 5.41) is 7.71. The summed E-state index contributed by atoms with van der Waals surface area (Å²) < 4.78 is 16.2. The number of aromatic amines is 1. The highest BCUT2D eigenvalue weighted by Crippen LogP contribution is 2.45. The molecule has 2 saturated heterocycles. The molecule has 61 heavy (non-hydrogen) atoms. The van der Waals surface area contributed by atoms with Gasteiger partial charge in [0.25, 0.3) is 0 Å². The first-order valence-electron chi connectivity index (χ1n) is 21.6. The molecule has 1 aromatic heterocycles. The molecule has 0 saturated carbocycles. The number of aliphatic imine (C=N–C) groups is 1. The lowest BCUT2D eigenvalue weighted by Crippen LogP contribution is -2.55. The maximum atomic E-state index is 14.0. The maximum Gasteiger partial charge on any atom is 0.407 e. The Bertz CT molecular complexity index is 2410. The molecule has 322 valence electrons. The average molecular weight is 832 g/mol. The van der Waals surface area contributed by atoms with Gasteiger partial charge in [-0.25, -0.2) is 14.6 Å². The van der Waals surface area contributed by atoms with Gasteiger partial charge in [0, 0.05) is 29.8 Å². The van der Waals surface area contributed by atoms with Crippen molar-refractivity contribution >= 4 is 46.2 Å². The number of carbonyl (C=O) groups is 4. The Kier molecular flexibility index (Phi) is 11.5. The number of ether oxygens (including phenoxy) is 3. The highest BCUT2D eigenvalue weighted by atomic mass is 16.5. The van der Waals surface area contributed by atoms with E-state index in [0.717, 1.165) is 99.4 Å². The van der Waals surface area contributed by atoms with E-state index in [-0.39, 0.29) is 47.8 Å². The van der Waals surface area contributed by atoms with E-state index in [1.54, 1.807) is 0 Å². The van der Waals surface area contributed by atoms with Crippen molar-refractivity contribution in [2.24, 2.45) is 16.8 Å². The zero-order valence-corrected chi connectivity index (χ0v) is 36.3. The minimum absolute atomic E-state index is 0.0114. The van der Waals surface area contributed by atoms with Crippen molar-refractivity contribution in [1.29, 1.82) is 0 Å². The van der Waals surface area contributed by atoms with Crippen molar-refractivity contribution < 1.29 is 33.4 Å². The summed E-state index contributed by atoms with van der Waals surface area (Å²) in [5.41, 5.74) is 8.01. The molecule has 0 radical (unpaired) electrons. The fourth-order valence-corrected chi connectivity index (χ4v) is 9.74. The molecule has 0 spiro atoms. The third kappa shape index (κ3) is 7.69. The first kappa shape index (κ1) is 41.8. The number of alkyl carbamates (subject to hydrolysis) is 2. The summed E-state index contributed by atoms with van der Waals surface area (Å²) in [7, 11) is 2.61. The van der Waals surface area contributed by atoms with Crippen molar-refractivity contribution in [3.63, 3.8) is 0 Å². The van der Waals surface area contributed by atoms with Crippen molar-refractivity contribution in [3.8, 4) is 28.1 Å². The number of benzene rings is 3. The zero-order chi connectivity index (χ0) is 43.3. The van der Waals surface area contributed by atoms with Gasteiger partial charge in [0.2, 0.25) is 11.8 Å². The van der Waals surface area contributed by atoms with E-state index in [1.165, 1.54) is 14.2 Å². The molecule has 4 aliphatic heterocycles. The molecule has 4 aromatic rings. The van der Waals surface area contributed by atoms with E-state index in [4.69, 9.17) is 24.2 Å². The minimum Gasteiger partial charge on any atom is -0.488 e. The Morgan fingerprint density at radius 1 is 0.852 bits per heavy atom. The van der Waals surface area contributed by atoms with E-state index in [2.05, 4.69) is 65.0 Å². The van der Waals surface area contributed by atoms with Crippen LogP contribution < -0.4 is 15.4 Å². The second kappa shape index (κ2) is 16.9. The molecule has 0 unspecified atom stereocenters. The monoisotopic (exact) mass is 831 g/mol. The van der Waals surface area contributed by atoms with Crippen molar-refractivity contribution in [2.75, 3.05) is 14.2 Å². The van der Waals surface area contributed by atoms with Gasteiger partial charge in [-0.05, 0) is 109 Å². The van der Waals surface area contributed by atoms with Crippen LogP contribution in [0.25, 0.3) is 33.2 Å². The number of imidazole rings is 1. The van der Waals surface area contributed by atoms with Gasteiger partial charge in [-0.3, -0.25) is 14.6 Å². The highest BCUT2D eigenvalue weighted by Gasteiger charge is 2.44. The molecular formula is C47H57N7O7. The van der Waals surface area contributed by atoms with Crippen LogP contribution in [0, 0.1) is 11.8 Å². The standard InChI is InChI=1S/C47H57N7O7/c1-9-25(4)42(52-47(58)60-8)45(56)54-27(6)11-17-39(54)43-48-22-37(50-43)29-12-14-31-30(18-29)23-61-40-21-32-28(19-34(31)40)13-15-35-33(32)20-36(49-35)38-16-10-26(5)53(38)44(55)41(24(2)3)51-46(57)59-7/h12-15,18-19,21-22,24-27,38-39,41-42H,9-11,16-17,20,23H2,1-8H3,(H,48,50)(H,51,57)(H,52,58)/t25-,26-,27-,38-,39-,41-,42-/m0/s1. The largest absolute Gasteiger partial charge is 0.488 e. The number of nitrogens with one attached hydrogen (secondary N) is 3. The molecule has 14 nitrogen and oxygen atoms in total. The number of aromatic nitrogens is 2. The Hall–Kier alpha value is -5.92. The molecule has 0 aliphatic carbocycles. The number of nitrogens with zero attached hydrogens (tertiary/aromatic N) is 4. The normalized spacial score (nSPS) is 21.8. The number of fused-ring (bicyclic) bond motifs is 6. The van der Waals surface area contributed by atoms with E-state index < -0.39 is 24.3 Å². The van der Waals surface area contributed by atoms with Crippen LogP contribution in [-0.2, 0) is 32.1 Å². The van der Waals surface area contributed by atoms with Gasteiger partial charge in [-0.15, -0.1) is 0 Å². The molecule has 4 amide bonds. The van der Waals surface area contributed by atoms with Gasteiger partial charge in [0.15, 0.2) is 0 Å². The van der Waals surface area contributed by atoms with Crippen molar-refractivity contribution in [3.05, 3.63) is 65.6 Å². The summed E-state index contributed by atoms with van der Waals surface area (Å²) in [4.78, 5) is 69.6. The third-order valence-corrected chi connectivity index (χ3v) is 13.4. The number of carbonyl (C=O) groups excluding carboxylic acids is 4. The van der Waals surface area contributed by atoms with Gasteiger partial charge in [0.1, 0.15) is 30.3 Å². The summed E-state index contributed by atoms with van der Waals surface area (Å²) in [5.74, 6) is 1.10. The topological polar surface area (TPSA) is 168 Å². The second-order valence-corrected chi connectivity index (χ2v) is 17.5. The first-order chi connectivity index (χ1) is 29.3. The molecule has 2 fully saturated rings. The van der Waals surface area contributed by atoms with E-state index in [0.29, 0.717) is 13.0 Å². The molecule has 4 aliphatic rings. The average Bonchev–Trinajstić information content (AvgIpc) is 4.08. The number of likely N-dealkylation sites (tertiary alicyclic amines) is 2. The molecule has 7 atom stereocenters. The maximum absolute atomic E-state index is 14.0. The lowest BCUT2D eigenvalue weighted by molar-refractivity contribution is -0.137. The summed E-state index contributed by atoms with van der Waals surface area (Å²) in [6.07, 6.45) is 5.20. The predicted octanol–water partition coefficient (Wildman–Crippen LogP) is 8.00. The molecule has 5 heterocycles. The van der Waals surface area contributed by atoms with Crippen LogP contribution in [0.2, 0.25) is 0 Å². The van der Waals surface area contributed by atoms with Crippen LogP contribution in [0.1, 0.15) is 96.6 Å². The van der Waals surface area contributed by atoms with Gasteiger partial charge in [-0.2, -0.15) is 0 Å². The smallest absolute Gasteiger partial charge is 0.407 e. The predicted molar refractivity (Wildman–Crippen MR) is 233 cm³/mol. The van der Waals surface area contributed by atoms with Crippen LogP contribution in [0.5, 0.6) is 5.75 Å². The van der Waals surface area contributed by atoms with Crippen LogP contribution in [-0.4, -0.2) is 93.9 Å². The molecule has 3 N–H and O–H groups in total. The van der Waals surface area contributed by atoms with Gasteiger partial charge >= 0.3 is 12.2 Å². The number of amides is 4. The van der Waals surface area contributed by atoms with E-state index >= 15 is 0 Å². The molecule has 8 rings (SSSR count). The zero-order valence-electron chi connectivity index (χ0n) is 36.3. The number of hydrogen-bond donors (Lipinski definition) is 3. The second-order valence-electron chi connectivity index (χ2n) is 17.5. The molecule has 0 bridgehead atoms. The SMILES string of the molecule is CC[C@H](C)[C@H](NC(=O)OC)C(=O)N1[C@@H](C)CC[C@H]1c1ncc(-c2ccc3c(c2)COc2cc4c5c(ccc4cc2-3)N=C([C@@H]2CC[C@H](C)N2C(=O)[C@@H](NC(=O)OC)C(C)C)C5)[nH]1. The van der Waals surface area contributed by atoms with Crippen molar-refractivity contribution in [2.45, 2.75) is 123 Å². The van der Waals surface area contributed by atoms with Gasteiger partial charge < -0.3 is 39.6 Å². The lowest BCUT2D eigenvalue weighted by atomic mass is 9.90. The van der Waals surface area contributed by atoms with E-state index in [9.17, 15) is 19.2 Å². The first-order valence-corrected chi connectivity index (χ1v) is 21.6. The Morgan fingerprint density at radius 3 is 2.21 bits per heavy atom. The highest BCUT2D eigenvalue weighted by molar-refractivity contribution is 6.06. The summed E-state index contributed by atoms with van der Waals surface area (Å²) in [6, 6.07) is 13.1. The number of hydrogen-bond acceptors (Lipinski definition) is 9. The quantitative estimate of drug-likeness (QED) is 0.145. The molecule has 14 heteroatoms. The Balaban J connectivity index is 1.01. The fourth-order valence-electron chi connectivity index (χ4n) is 9.74. The molecular weight excluding hydrogens is 775 g/mol. The summed E-state index contributed by atoms with van der Waals surface area (Å²) >= 11 is 0. The van der Waals surface area contributed by atoms with Crippen LogP contribution >= 0.6 is 0 Å². The molecule has 3 aromatic carbocycles. The minimum atomic E-state index is -0.701. The lowest BCUT2D eigenvalue weighted by Gasteiger charge is -2.33. The van der Waals surface area contributed by atoms with Gasteiger partial charge in [0.05, 0.1) is 43.9 Å². The summed E-state index contributed by atoms with van der Waals surface area (Å²) in [6.45, 7) is 12.3. The number of H-pyrrole nitrogens is 1. The number of methoxy groups -OCH3 is 2. The Morgan fingerprint density at radius 2 is 1.52 bits per heavy atom. The van der Waals surface area contributed by atoms with Crippen LogP contribution in [0.15, 0.2) is 53.7 Å². The van der Waals surface area contributed by atoms with E-state index in [1.807, 2.05) is 50.6 Å². The van der Waals surface area contributed by atoms with Crippen molar-refractivity contribution in [1.82, 2.24) is 30.4 Å². The Labute approximate surface area is 356 Å². The van der Waals surface area contributed by atoms with Crippen LogP contribution in [0.3, 0.4) is 0 Å². The third-order valence-electron chi connectivity index (χ3n) is 13.4. The van der Waals surface area contributed by atoms with Crippen LogP contribution in [0.4, 0.5) is 15.3 Å².